The highest BCUT2D eigenvalue weighted by molar-refractivity contribution is 5.85. The summed E-state index contributed by atoms with van der Waals surface area (Å²) in [4.78, 5) is 14.7. The number of benzene rings is 1. The number of halogens is 2. The number of nitrogens with one attached hydrogen (secondary N) is 1. The molecule has 2 unspecified atom stereocenters. The minimum Gasteiger partial charge on any atom is -0.350 e. The van der Waals surface area contributed by atoms with E-state index in [1.807, 2.05) is 37.4 Å². The quantitative estimate of drug-likeness (QED) is 0.708. The van der Waals surface area contributed by atoms with Gasteiger partial charge in [-0.15, -0.1) is 24.8 Å². The number of unbranched alkanes of at least 4 members (excludes halogenated alkanes) is 1. The molecule has 2 atom stereocenters. The van der Waals surface area contributed by atoms with Gasteiger partial charge >= 0.3 is 0 Å². The van der Waals surface area contributed by atoms with Crippen molar-refractivity contribution in [2.24, 2.45) is 5.73 Å². The van der Waals surface area contributed by atoms with Gasteiger partial charge in [-0.05, 0) is 25.6 Å². The molecule has 0 fully saturated rings. The number of likely N-dealkylation sites (N-methyl/N-ethyl adjacent to an activating group) is 1. The van der Waals surface area contributed by atoms with Gasteiger partial charge in [-0.1, -0.05) is 57.0 Å². The Hall–Kier alpha value is -0.810. The van der Waals surface area contributed by atoms with Crippen molar-refractivity contribution in [1.29, 1.82) is 0 Å². The SMILES string of the molecule is CCCCC(CN)NC(=O)C(c1ccccc1)N(C)CC.Cl.Cl. The van der Waals surface area contributed by atoms with Crippen molar-refractivity contribution in [3.63, 3.8) is 0 Å². The van der Waals surface area contributed by atoms with Crippen molar-refractivity contribution in [2.75, 3.05) is 20.1 Å². The summed E-state index contributed by atoms with van der Waals surface area (Å²) in [6.45, 7) is 5.51. The molecule has 4 nitrogen and oxygen atoms in total. The van der Waals surface area contributed by atoms with Gasteiger partial charge < -0.3 is 11.1 Å². The summed E-state index contributed by atoms with van der Waals surface area (Å²) in [5.41, 5.74) is 6.80. The first kappa shape index (κ1) is 24.4. The van der Waals surface area contributed by atoms with Gasteiger partial charge in [-0.25, -0.2) is 0 Å². The molecule has 1 amide bonds. The van der Waals surface area contributed by atoms with Crippen LogP contribution in [0.4, 0.5) is 0 Å². The Balaban J connectivity index is 0. The van der Waals surface area contributed by atoms with Crippen LogP contribution in [0.25, 0.3) is 0 Å². The molecule has 23 heavy (non-hydrogen) atoms. The maximum Gasteiger partial charge on any atom is 0.242 e. The molecule has 0 heterocycles. The zero-order valence-corrected chi connectivity index (χ0v) is 16.0. The third kappa shape index (κ3) is 8.02. The number of amides is 1. The Bertz CT molecular complexity index is 418. The summed E-state index contributed by atoms with van der Waals surface area (Å²) in [6, 6.07) is 9.71. The van der Waals surface area contributed by atoms with Gasteiger partial charge in [0.15, 0.2) is 0 Å². The van der Waals surface area contributed by atoms with Gasteiger partial charge in [0, 0.05) is 12.6 Å². The van der Waals surface area contributed by atoms with Crippen molar-refractivity contribution in [3.05, 3.63) is 35.9 Å². The molecular formula is C17H31Cl2N3O. The second-order valence-corrected chi connectivity index (χ2v) is 5.47. The number of hydrogen-bond donors (Lipinski definition) is 2. The number of nitrogens with zero attached hydrogens (tertiary/aromatic N) is 1. The lowest BCUT2D eigenvalue weighted by Crippen LogP contribution is -2.46. The number of rotatable bonds is 9. The fourth-order valence-electron chi connectivity index (χ4n) is 2.40. The molecule has 0 bridgehead atoms. The van der Waals surface area contributed by atoms with Crippen LogP contribution in [0.15, 0.2) is 30.3 Å². The van der Waals surface area contributed by atoms with Crippen molar-refractivity contribution >= 4 is 30.7 Å². The van der Waals surface area contributed by atoms with Crippen molar-refractivity contribution < 1.29 is 4.79 Å². The Labute approximate surface area is 153 Å². The highest BCUT2D eigenvalue weighted by Gasteiger charge is 2.25. The van der Waals surface area contributed by atoms with Crippen LogP contribution in [-0.2, 0) is 4.79 Å². The first-order valence-electron chi connectivity index (χ1n) is 7.89. The predicted octanol–water partition coefficient (Wildman–Crippen LogP) is 3.16. The fourth-order valence-corrected chi connectivity index (χ4v) is 2.40. The van der Waals surface area contributed by atoms with E-state index in [9.17, 15) is 4.79 Å². The maximum atomic E-state index is 12.7. The normalized spacial score (nSPS) is 12.7. The van der Waals surface area contributed by atoms with E-state index >= 15 is 0 Å². The second-order valence-electron chi connectivity index (χ2n) is 5.47. The molecular weight excluding hydrogens is 333 g/mol. The molecule has 0 aliphatic heterocycles. The molecule has 3 N–H and O–H groups in total. The largest absolute Gasteiger partial charge is 0.350 e. The zero-order chi connectivity index (χ0) is 15.7. The lowest BCUT2D eigenvalue weighted by atomic mass is 10.0. The summed E-state index contributed by atoms with van der Waals surface area (Å²) in [6.07, 6.45) is 3.14. The van der Waals surface area contributed by atoms with Gasteiger partial charge in [-0.3, -0.25) is 9.69 Å². The van der Waals surface area contributed by atoms with Gasteiger partial charge in [0.2, 0.25) is 5.91 Å². The molecule has 134 valence electrons. The van der Waals surface area contributed by atoms with Crippen LogP contribution in [0.1, 0.15) is 44.7 Å². The molecule has 0 aromatic heterocycles. The standard InChI is InChI=1S/C17H29N3O.2ClH/c1-4-6-12-15(13-18)19-17(21)16(20(3)5-2)14-10-8-7-9-11-14;;/h7-11,15-16H,4-6,12-13,18H2,1-3H3,(H,19,21);2*1H. The topological polar surface area (TPSA) is 58.4 Å². The van der Waals surface area contributed by atoms with Crippen LogP contribution < -0.4 is 11.1 Å². The van der Waals surface area contributed by atoms with Crippen LogP contribution in [0.5, 0.6) is 0 Å². The van der Waals surface area contributed by atoms with Crippen LogP contribution >= 0.6 is 24.8 Å². The van der Waals surface area contributed by atoms with E-state index in [-0.39, 0.29) is 42.8 Å². The average molecular weight is 364 g/mol. The van der Waals surface area contributed by atoms with Crippen molar-refractivity contribution in [2.45, 2.75) is 45.2 Å². The fraction of sp³-hybridized carbons (Fsp3) is 0.588. The summed E-state index contributed by atoms with van der Waals surface area (Å²) in [5, 5.41) is 3.11. The smallest absolute Gasteiger partial charge is 0.242 e. The van der Waals surface area contributed by atoms with E-state index in [1.54, 1.807) is 0 Å². The van der Waals surface area contributed by atoms with Gasteiger partial charge in [-0.2, -0.15) is 0 Å². The van der Waals surface area contributed by atoms with Crippen molar-refractivity contribution in [1.82, 2.24) is 10.2 Å². The van der Waals surface area contributed by atoms with E-state index in [0.717, 1.165) is 31.4 Å². The minimum atomic E-state index is -0.258. The van der Waals surface area contributed by atoms with E-state index in [1.165, 1.54) is 0 Å². The van der Waals surface area contributed by atoms with Gasteiger partial charge in [0.1, 0.15) is 6.04 Å². The molecule has 1 rings (SSSR count). The highest BCUT2D eigenvalue weighted by Crippen LogP contribution is 2.19. The van der Waals surface area contributed by atoms with Crippen LogP contribution in [0.3, 0.4) is 0 Å². The monoisotopic (exact) mass is 363 g/mol. The van der Waals surface area contributed by atoms with Crippen LogP contribution in [-0.4, -0.2) is 37.0 Å². The third-order valence-corrected chi connectivity index (χ3v) is 3.84. The zero-order valence-electron chi connectivity index (χ0n) is 14.3. The Morgan fingerprint density at radius 3 is 2.30 bits per heavy atom. The Morgan fingerprint density at radius 2 is 1.83 bits per heavy atom. The van der Waals surface area contributed by atoms with E-state index in [4.69, 9.17) is 5.73 Å². The van der Waals surface area contributed by atoms with E-state index < -0.39 is 0 Å². The Kier molecular flexibility index (Phi) is 14.5. The Morgan fingerprint density at radius 1 is 1.22 bits per heavy atom. The third-order valence-electron chi connectivity index (χ3n) is 3.84. The van der Waals surface area contributed by atoms with Crippen molar-refractivity contribution in [3.8, 4) is 0 Å². The summed E-state index contributed by atoms with van der Waals surface area (Å²) < 4.78 is 0. The maximum absolute atomic E-state index is 12.7. The molecule has 0 saturated carbocycles. The summed E-state index contributed by atoms with van der Waals surface area (Å²) in [7, 11) is 1.97. The number of carbonyl (C=O) groups is 1. The highest BCUT2D eigenvalue weighted by atomic mass is 35.5. The molecule has 0 saturated heterocycles. The molecule has 0 aliphatic carbocycles. The molecule has 0 spiro atoms. The number of nitrogens with two attached hydrogens (primary N) is 1. The summed E-state index contributed by atoms with van der Waals surface area (Å²) >= 11 is 0. The van der Waals surface area contributed by atoms with Crippen LogP contribution in [0, 0.1) is 0 Å². The van der Waals surface area contributed by atoms with Crippen LogP contribution in [0.2, 0.25) is 0 Å². The van der Waals surface area contributed by atoms with E-state index in [0.29, 0.717) is 6.54 Å². The predicted molar refractivity (Wildman–Crippen MR) is 102 cm³/mol. The molecule has 1 aromatic rings. The molecule has 6 heteroatoms. The molecule has 0 aliphatic rings. The lowest BCUT2D eigenvalue weighted by Gasteiger charge is -2.28. The summed E-state index contributed by atoms with van der Waals surface area (Å²) in [5.74, 6) is 0.0390. The lowest BCUT2D eigenvalue weighted by molar-refractivity contribution is -0.126. The number of carbonyl (C=O) groups excluding carboxylic acids is 1. The minimum absolute atomic E-state index is 0. The second kappa shape index (κ2) is 13.6. The van der Waals surface area contributed by atoms with Gasteiger partial charge in [0.25, 0.3) is 0 Å². The van der Waals surface area contributed by atoms with Gasteiger partial charge in [0.05, 0.1) is 0 Å². The average Bonchev–Trinajstić information content (AvgIpc) is 2.52. The first-order valence-corrected chi connectivity index (χ1v) is 7.89. The number of hydrogen-bond acceptors (Lipinski definition) is 3. The first-order chi connectivity index (χ1) is 10.1. The van der Waals surface area contributed by atoms with E-state index in [2.05, 4.69) is 24.1 Å². The molecule has 0 radical (unpaired) electrons. The molecule has 1 aromatic carbocycles.